The molecule has 2 aliphatic rings. The summed E-state index contributed by atoms with van der Waals surface area (Å²) in [5, 5.41) is 32.1. The Morgan fingerprint density at radius 2 is 1.10 bits per heavy atom. The first-order valence-electron chi connectivity index (χ1n) is 14.1. The number of anilines is 2. The van der Waals surface area contributed by atoms with E-state index in [1.807, 2.05) is 0 Å². The van der Waals surface area contributed by atoms with Crippen molar-refractivity contribution in [2.45, 2.75) is 51.4 Å². The Balaban J connectivity index is 1.26. The number of piperidine rings is 2. The third-order valence-electron chi connectivity index (χ3n) is 8.12. The van der Waals surface area contributed by atoms with Gasteiger partial charge in [-0.25, -0.2) is 0 Å². The van der Waals surface area contributed by atoms with Crippen LogP contribution in [0.3, 0.4) is 0 Å². The maximum Gasteiger partial charge on any atom is 0.230 e. The van der Waals surface area contributed by atoms with Gasteiger partial charge in [0, 0.05) is 22.1 Å². The second-order valence-electron chi connectivity index (χ2n) is 11.2. The highest BCUT2D eigenvalue weighted by molar-refractivity contribution is 5.99. The van der Waals surface area contributed by atoms with E-state index in [9.17, 15) is 24.8 Å². The summed E-state index contributed by atoms with van der Waals surface area (Å²) in [5.41, 5.74) is 2.03. The van der Waals surface area contributed by atoms with E-state index in [0.29, 0.717) is 59.4 Å². The number of hydrogen-bond donors (Lipinski definition) is 3. The van der Waals surface area contributed by atoms with Gasteiger partial charge >= 0.3 is 0 Å². The van der Waals surface area contributed by atoms with Crippen LogP contribution < -0.4 is 16.1 Å². The quantitative estimate of drug-likeness (QED) is 0.224. The van der Waals surface area contributed by atoms with Crippen molar-refractivity contribution in [1.29, 1.82) is 0 Å². The number of nitrogens with zero attached hydrogens (tertiary/aromatic N) is 2. The molecule has 0 atom stereocenters. The first-order chi connectivity index (χ1) is 18.7. The maximum atomic E-state index is 13.1. The van der Waals surface area contributed by atoms with Crippen LogP contribution in [0.2, 0.25) is 0 Å². The third kappa shape index (κ3) is 6.65. The molecule has 3 heterocycles. The van der Waals surface area contributed by atoms with Gasteiger partial charge in [0.25, 0.3) is 0 Å². The van der Waals surface area contributed by atoms with E-state index < -0.39 is 0 Å². The van der Waals surface area contributed by atoms with Gasteiger partial charge in [0.05, 0.1) is 63.1 Å². The largest absolute Gasteiger partial charge is 0.633 e. The van der Waals surface area contributed by atoms with Crippen LogP contribution in [0.15, 0.2) is 41.2 Å². The van der Waals surface area contributed by atoms with Crippen LogP contribution in [0.25, 0.3) is 21.8 Å². The lowest BCUT2D eigenvalue weighted by Gasteiger charge is -2.45. The average molecular weight is 536 g/mol. The van der Waals surface area contributed by atoms with Gasteiger partial charge in [-0.05, 0) is 74.9 Å². The van der Waals surface area contributed by atoms with E-state index in [1.165, 1.54) is 0 Å². The van der Waals surface area contributed by atoms with E-state index in [-0.39, 0.29) is 52.5 Å². The van der Waals surface area contributed by atoms with Crippen molar-refractivity contribution >= 4 is 45.0 Å². The molecule has 1 aromatic heterocycles. The highest BCUT2D eigenvalue weighted by Crippen LogP contribution is 2.23. The minimum atomic E-state index is -0.305. The number of H-pyrrole nitrogens is 1. The number of rotatable bonds is 8. The van der Waals surface area contributed by atoms with Crippen molar-refractivity contribution < 1.29 is 18.9 Å². The maximum absolute atomic E-state index is 13.1. The van der Waals surface area contributed by atoms with Crippen LogP contribution in [-0.2, 0) is 9.59 Å². The number of fused-ring (bicyclic) bond motifs is 2. The first kappa shape index (κ1) is 27.3. The zero-order valence-corrected chi connectivity index (χ0v) is 22.3. The van der Waals surface area contributed by atoms with Gasteiger partial charge < -0.3 is 35.3 Å². The molecule has 3 N–H and O–H groups in total. The van der Waals surface area contributed by atoms with Crippen LogP contribution in [0, 0.1) is 10.4 Å². The number of benzene rings is 2. The Hall–Kier alpha value is -3.31. The molecule has 10 heteroatoms. The van der Waals surface area contributed by atoms with Crippen molar-refractivity contribution in [3.63, 3.8) is 0 Å². The smallest absolute Gasteiger partial charge is 0.230 e. The van der Waals surface area contributed by atoms with Crippen LogP contribution in [0.5, 0.6) is 0 Å². The minimum Gasteiger partial charge on any atom is -0.633 e. The fourth-order valence-electron chi connectivity index (χ4n) is 5.82. The summed E-state index contributed by atoms with van der Waals surface area (Å²) in [7, 11) is 0. The molecular weight excluding hydrogens is 498 g/mol. The van der Waals surface area contributed by atoms with Crippen LogP contribution >= 0.6 is 0 Å². The van der Waals surface area contributed by atoms with Gasteiger partial charge in [-0.1, -0.05) is 0 Å². The number of carbonyl (C=O) groups excluding carboxylic acids is 2. The van der Waals surface area contributed by atoms with Gasteiger partial charge in [0.1, 0.15) is 0 Å². The average Bonchev–Trinajstić information content (AvgIpc) is 2.92. The Labute approximate surface area is 227 Å². The Morgan fingerprint density at radius 3 is 1.51 bits per heavy atom. The Morgan fingerprint density at radius 1 is 0.692 bits per heavy atom. The molecule has 0 bridgehead atoms. The van der Waals surface area contributed by atoms with E-state index in [0.717, 1.165) is 38.5 Å². The molecule has 0 aliphatic carbocycles. The number of pyridine rings is 1. The number of amides is 2. The Bertz CT molecular complexity index is 1320. The molecule has 0 spiro atoms. The summed E-state index contributed by atoms with van der Waals surface area (Å²) in [6, 6.07) is 10.1. The molecule has 2 saturated heterocycles. The number of hydrogen-bond acceptors (Lipinski definition) is 5. The number of aromatic amines is 1. The van der Waals surface area contributed by atoms with Crippen molar-refractivity contribution in [2.75, 3.05) is 49.9 Å². The van der Waals surface area contributed by atoms with Crippen LogP contribution in [-0.4, -0.2) is 65.4 Å². The lowest BCUT2D eigenvalue weighted by Crippen LogP contribution is -2.47. The van der Waals surface area contributed by atoms with Crippen molar-refractivity contribution in [1.82, 2.24) is 4.98 Å². The van der Waals surface area contributed by atoms with Gasteiger partial charge in [-0.2, -0.15) is 0 Å². The lowest BCUT2D eigenvalue weighted by molar-refractivity contribution is -0.884. The van der Waals surface area contributed by atoms with Crippen molar-refractivity contribution in [3.05, 3.63) is 57.0 Å². The van der Waals surface area contributed by atoms with Gasteiger partial charge in [0.15, 0.2) is 5.43 Å². The fourth-order valence-corrected chi connectivity index (χ4v) is 5.82. The molecule has 39 heavy (non-hydrogen) atoms. The molecule has 5 rings (SSSR count). The number of nitrogens with one attached hydrogen (secondary N) is 3. The fraction of sp³-hybridized carbons (Fsp3) is 0.483. The summed E-state index contributed by atoms with van der Waals surface area (Å²) < 4.78 is -0.611. The summed E-state index contributed by atoms with van der Waals surface area (Å²) in [4.78, 5) is 41.4. The van der Waals surface area contributed by atoms with Crippen molar-refractivity contribution in [3.8, 4) is 0 Å². The van der Waals surface area contributed by atoms with E-state index >= 15 is 0 Å². The van der Waals surface area contributed by atoms with E-state index in [1.54, 1.807) is 36.4 Å². The topological polar surface area (TPSA) is 137 Å². The minimum absolute atomic E-state index is 0.144. The van der Waals surface area contributed by atoms with Crippen molar-refractivity contribution in [2.24, 2.45) is 0 Å². The Kier molecular flexibility index (Phi) is 7.99. The molecule has 0 radical (unpaired) electrons. The second kappa shape index (κ2) is 11.4. The van der Waals surface area contributed by atoms with Gasteiger partial charge in [-0.3, -0.25) is 14.4 Å². The van der Waals surface area contributed by atoms with Crippen LogP contribution in [0.1, 0.15) is 51.4 Å². The summed E-state index contributed by atoms with van der Waals surface area (Å²) in [5.74, 6) is -0.457. The van der Waals surface area contributed by atoms with E-state index in [2.05, 4.69) is 15.6 Å². The van der Waals surface area contributed by atoms with E-state index in [4.69, 9.17) is 0 Å². The molecule has 0 saturated carbocycles. The number of hydroxylamine groups is 6. The number of likely N-dealkylation sites (tertiary alicyclic amines) is 2. The number of carbonyl (C=O) groups is 2. The lowest BCUT2D eigenvalue weighted by atomic mass is 10.1. The molecule has 2 fully saturated rings. The number of quaternary nitrogens is 2. The standard InChI is InChI=1S/C29H37N5O5/c35-27(11-17-33(38)13-3-1-4-14-33)30-21-7-9-23-25(19-21)32-26-20-22(8-10-24(26)29(23)37)31-28(36)12-18-34(39)15-5-2-6-16-34/h7-10,19-20H,1-6,11-18H2,(H,30,35)(H,31,36)(H,32,37). The molecule has 2 aliphatic heterocycles. The highest BCUT2D eigenvalue weighted by Gasteiger charge is 2.23. The zero-order chi connectivity index (χ0) is 27.5. The molecular formula is C29H37N5O5. The summed E-state index contributed by atoms with van der Waals surface area (Å²) >= 11 is 0. The first-order valence-corrected chi connectivity index (χ1v) is 14.1. The molecule has 3 aromatic rings. The van der Waals surface area contributed by atoms with Crippen LogP contribution in [0.4, 0.5) is 11.4 Å². The molecule has 10 nitrogen and oxygen atoms in total. The molecule has 2 aromatic carbocycles. The number of aromatic nitrogens is 1. The normalized spacial score (nSPS) is 18.6. The predicted octanol–water partition coefficient (Wildman–Crippen LogP) is 4.34. The third-order valence-corrected chi connectivity index (χ3v) is 8.12. The van der Waals surface area contributed by atoms with Gasteiger partial charge in [-0.15, -0.1) is 0 Å². The summed E-state index contributed by atoms with van der Waals surface area (Å²) in [6.07, 6.45) is 6.06. The molecule has 2 amide bonds. The van der Waals surface area contributed by atoms with Gasteiger partial charge in [0.2, 0.25) is 11.8 Å². The summed E-state index contributed by atoms with van der Waals surface area (Å²) in [6.45, 7) is 2.81. The molecule has 0 unspecified atom stereocenters. The highest BCUT2D eigenvalue weighted by atomic mass is 16.5. The second-order valence-corrected chi connectivity index (χ2v) is 11.2. The SMILES string of the molecule is O=C(CC[N+]1([O-])CCCCC1)Nc1ccc2c(=O)c3ccc(NC(=O)CC[N+]4([O-])CCCCC4)cc3[nH]c2c1. The predicted molar refractivity (Wildman–Crippen MR) is 153 cm³/mol. The molecule has 208 valence electrons. The monoisotopic (exact) mass is 535 g/mol. The zero-order valence-electron chi connectivity index (χ0n) is 22.3.